The number of hydrogen-bond acceptors (Lipinski definition) is 5. The van der Waals surface area contributed by atoms with Gasteiger partial charge in [-0.2, -0.15) is 0 Å². The van der Waals surface area contributed by atoms with Crippen LogP contribution in [0.15, 0.2) is 24.3 Å². The molecule has 0 spiro atoms. The fourth-order valence-electron chi connectivity index (χ4n) is 2.52. The molecule has 0 bridgehead atoms. The van der Waals surface area contributed by atoms with Crippen molar-refractivity contribution >= 4 is 17.8 Å². The topological polar surface area (TPSA) is 72.9 Å². The van der Waals surface area contributed by atoms with Crippen LogP contribution in [0.1, 0.15) is 36.2 Å². The third-order valence-electron chi connectivity index (χ3n) is 3.67. The summed E-state index contributed by atoms with van der Waals surface area (Å²) in [5.74, 6) is -1.13. The van der Waals surface area contributed by atoms with E-state index >= 15 is 0 Å². The molecule has 1 fully saturated rings. The molecule has 1 heterocycles. The molecular weight excluding hydrogens is 298 g/mol. The van der Waals surface area contributed by atoms with E-state index in [0.717, 1.165) is 5.56 Å². The second kappa shape index (κ2) is 7.76. The Hall–Kier alpha value is -2.37. The van der Waals surface area contributed by atoms with E-state index in [4.69, 9.17) is 9.47 Å². The molecule has 23 heavy (non-hydrogen) atoms. The first kappa shape index (κ1) is 17.0. The van der Waals surface area contributed by atoms with Crippen molar-refractivity contribution in [3.8, 4) is 0 Å². The van der Waals surface area contributed by atoms with Crippen LogP contribution < -0.4 is 0 Å². The molecule has 1 aromatic carbocycles. The van der Waals surface area contributed by atoms with Crippen LogP contribution in [0.5, 0.6) is 0 Å². The molecule has 2 rings (SSSR count). The van der Waals surface area contributed by atoms with Crippen molar-refractivity contribution in [1.29, 1.82) is 0 Å². The Kier molecular flexibility index (Phi) is 5.73. The van der Waals surface area contributed by atoms with E-state index in [0.29, 0.717) is 31.9 Å². The maximum Gasteiger partial charge on any atom is 0.338 e. The van der Waals surface area contributed by atoms with Gasteiger partial charge in [0.15, 0.2) is 0 Å². The van der Waals surface area contributed by atoms with Crippen LogP contribution in [0.2, 0.25) is 0 Å². The first-order valence-corrected chi connectivity index (χ1v) is 7.75. The Bertz CT molecular complexity index is 581. The highest BCUT2D eigenvalue weighted by Gasteiger charge is 2.35. The predicted octanol–water partition coefficient (Wildman–Crippen LogP) is 1.77. The third kappa shape index (κ3) is 4.31. The number of rotatable bonds is 6. The summed E-state index contributed by atoms with van der Waals surface area (Å²) in [6.45, 7) is 4.94. The molecule has 6 nitrogen and oxygen atoms in total. The summed E-state index contributed by atoms with van der Waals surface area (Å²) in [7, 11) is 0. The lowest BCUT2D eigenvalue weighted by Crippen LogP contribution is -2.26. The second-order valence-electron chi connectivity index (χ2n) is 5.34. The lowest BCUT2D eigenvalue weighted by molar-refractivity contribution is -0.147. The van der Waals surface area contributed by atoms with Crippen molar-refractivity contribution in [3.63, 3.8) is 0 Å². The van der Waals surface area contributed by atoms with E-state index in [1.54, 1.807) is 43.0 Å². The molecule has 0 radical (unpaired) electrons. The van der Waals surface area contributed by atoms with Gasteiger partial charge in [0.25, 0.3) is 0 Å². The zero-order valence-corrected chi connectivity index (χ0v) is 13.4. The fraction of sp³-hybridized carbons (Fsp3) is 0.471. The highest BCUT2D eigenvalue weighted by molar-refractivity contribution is 5.89. The number of hydrogen-bond donors (Lipinski definition) is 0. The van der Waals surface area contributed by atoms with Gasteiger partial charge in [-0.25, -0.2) is 4.79 Å². The molecule has 124 valence electrons. The molecule has 0 unspecified atom stereocenters. The van der Waals surface area contributed by atoms with Crippen molar-refractivity contribution in [3.05, 3.63) is 35.4 Å². The number of nitrogens with zero attached hydrogens (tertiary/aromatic N) is 1. The number of esters is 2. The van der Waals surface area contributed by atoms with Crippen molar-refractivity contribution in [2.24, 2.45) is 5.92 Å². The Morgan fingerprint density at radius 1 is 1.13 bits per heavy atom. The molecule has 0 saturated carbocycles. The molecule has 1 atom stereocenters. The standard InChI is InChI=1S/C17H21NO5/c1-3-22-16(20)13-7-5-12(6-8-13)10-18-11-14(9-15(18)19)17(21)23-4-2/h5-8,14H,3-4,9-11H2,1-2H3/t14-/m0/s1. The Balaban J connectivity index is 1.95. The van der Waals surface area contributed by atoms with Crippen LogP contribution in [-0.4, -0.2) is 42.5 Å². The summed E-state index contributed by atoms with van der Waals surface area (Å²) in [6.07, 6.45) is 0.194. The van der Waals surface area contributed by atoms with Crippen molar-refractivity contribution in [2.75, 3.05) is 19.8 Å². The van der Waals surface area contributed by atoms with Crippen LogP contribution in [0.4, 0.5) is 0 Å². The minimum Gasteiger partial charge on any atom is -0.466 e. The number of likely N-dealkylation sites (tertiary alicyclic amines) is 1. The Morgan fingerprint density at radius 3 is 2.39 bits per heavy atom. The number of benzene rings is 1. The maximum absolute atomic E-state index is 12.0. The van der Waals surface area contributed by atoms with Crippen LogP contribution in [0.25, 0.3) is 0 Å². The van der Waals surface area contributed by atoms with Crippen molar-refractivity contribution in [1.82, 2.24) is 4.90 Å². The van der Waals surface area contributed by atoms with E-state index in [2.05, 4.69) is 0 Å². The Morgan fingerprint density at radius 2 is 1.78 bits per heavy atom. The minimum absolute atomic E-state index is 0.0578. The molecule has 0 N–H and O–H groups in total. The average molecular weight is 319 g/mol. The van der Waals surface area contributed by atoms with Gasteiger partial charge >= 0.3 is 11.9 Å². The number of carbonyl (C=O) groups excluding carboxylic acids is 3. The van der Waals surface area contributed by atoms with Crippen LogP contribution in [0.3, 0.4) is 0 Å². The lowest BCUT2D eigenvalue weighted by atomic mass is 10.1. The summed E-state index contributed by atoms with van der Waals surface area (Å²) >= 11 is 0. The average Bonchev–Trinajstić information content (AvgIpc) is 2.90. The van der Waals surface area contributed by atoms with Crippen LogP contribution in [0, 0.1) is 5.92 Å². The third-order valence-corrected chi connectivity index (χ3v) is 3.67. The fourth-order valence-corrected chi connectivity index (χ4v) is 2.52. The quantitative estimate of drug-likeness (QED) is 0.747. The lowest BCUT2D eigenvalue weighted by Gasteiger charge is -2.16. The normalized spacial score (nSPS) is 17.2. The molecule has 0 aliphatic carbocycles. The highest BCUT2D eigenvalue weighted by atomic mass is 16.5. The van der Waals surface area contributed by atoms with Gasteiger partial charge in [-0.15, -0.1) is 0 Å². The molecule has 6 heteroatoms. The minimum atomic E-state index is -0.388. The molecule has 1 aromatic rings. The monoisotopic (exact) mass is 319 g/mol. The van der Waals surface area contributed by atoms with Gasteiger partial charge in [0, 0.05) is 19.5 Å². The SMILES string of the molecule is CCOC(=O)c1ccc(CN2C[C@@H](C(=O)OCC)CC2=O)cc1. The summed E-state index contributed by atoms with van der Waals surface area (Å²) in [5, 5.41) is 0. The highest BCUT2D eigenvalue weighted by Crippen LogP contribution is 2.21. The number of carbonyl (C=O) groups is 3. The predicted molar refractivity (Wildman–Crippen MR) is 82.6 cm³/mol. The molecular formula is C17H21NO5. The number of ether oxygens (including phenoxy) is 2. The van der Waals surface area contributed by atoms with Crippen LogP contribution >= 0.6 is 0 Å². The van der Waals surface area contributed by atoms with Gasteiger partial charge in [0.05, 0.1) is 24.7 Å². The smallest absolute Gasteiger partial charge is 0.338 e. The van der Waals surface area contributed by atoms with E-state index in [-0.39, 0.29) is 30.2 Å². The molecule has 1 aliphatic heterocycles. The van der Waals surface area contributed by atoms with Gasteiger partial charge in [-0.1, -0.05) is 12.1 Å². The van der Waals surface area contributed by atoms with E-state index in [1.807, 2.05) is 0 Å². The van der Waals surface area contributed by atoms with E-state index in [9.17, 15) is 14.4 Å². The van der Waals surface area contributed by atoms with E-state index < -0.39 is 0 Å². The van der Waals surface area contributed by atoms with Gasteiger partial charge in [-0.05, 0) is 31.5 Å². The summed E-state index contributed by atoms with van der Waals surface area (Å²) in [6, 6.07) is 6.93. The molecule has 1 saturated heterocycles. The maximum atomic E-state index is 12.0. The van der Waals surface area contributed by atoms with Gasteiger partial charge in [0.1, 0.15) is 0 Å². The first-order valence-electron chi connectivity index (χ1n) is 7.75. The van der Waals surface area contributed by atoms with Gasteiger partial charge < -0.3 is 14.4 Å². The van der Waals surface area contributed by atoms with Crippen molar-refractivity contribution < 1.29 is 23.9 Å². The van der Waals surface area contributed by atoms with E-state index in [1.165, 1.54) is 0 Å². The molecule has 0 aromatic heterocycles. The second-order valence-corrected chi connectivity index (χ2v) is 5.34. The zero-order valence-electron chi connectivity index (χ0n) is 13.4. The largest absolute Gasteiger partial charge is 0.466 e. The molecule has 1 amide bonds. The van der Waals surface area contributed by atoms with Gasteiger partial charge in [0.2, 0.25) is 5.91 Å². The van der Waals surface area contributed by atoms with Crippen LogP contribution in [-0.2, 0) is 25.6 Å². The first-order chi connectivity index (χ1) is 11.0. The van der Waals surface area contributed by atoms with Gasteiger partial charge in [-0.3, -0.25) is 9.59 Å². The molecule has 1 aliphatic rings. The summed E-state index contributed by atoms with van der Waals surface area (Å²) < 4.78 is 9.90. The zero-order chi connectivity index (χ0) is 16.8. The summed E-state index contributed by atoms with van der Waals surface area (Å²) in [4.78, 5) is 37.0. The van der Waals surface area contributed by atoms with Crippen molar-refractivity contribution in [2.45, 2.75) is 26.8 Å². The Labute approximate surface area is 135 Å². The number of amides is 1. The summed E-state index contributed by atoms with van der Waals surface area (Å²) in [5.41, 5.74) is 1.38.